The van der Waals surface area contributed by atoms with Crippen molar-refractivity contribution in [2.45, 2.75) is 6.18 Å². The number of benzene rings is 1. The molecular weight excluding hydrogens is 205 g/mol. The van der Waals surface area contributed by atoms with Crippen LogP contribution >= 0.6 is 12.4 Å². The van der Waals surface area contributed by atoms with Crippen LogP contribution in [-0.4, -0.2) is 7.11 Å². The molecule has 13 heavy (non-hydrogen) atoms. The summed E-state index contributed by atoms with van der Waals surface area (Å²) in [5.74, 6) is 0.419. The van der Waals surface area contributed by atoms with Gasteiger partial charge in [-0.05, 0) is 24.3 Å². The minimum Gasteiger partial charge on any atom is -0.497 e. The second-order valence-electron chi connectivity index (χ2n) is 2.23. The average molecular weight is 213 g/mol. The van der Waals surface area contributed by atoms with Crippen LogP contribution in [0.4, 0.5) is 13.2 Å². The number of ether oxygens (including phenoxy) is 1. The van der Waals surface area contributed by atoms with Gasteiger partial charge in [0.1, 0.15) is 5.75 Å². The molecule has 0 bridgehead atoms. The van der Waals surface area contributed by atoms with Crippen LogP contribution in [0.15, 0.2) is 24.3 Å². The van der Waals surface area contributed by atoms with Crippen molar-refractivity contribution in [1.82, 2.24) is 0 Å². The standard InChI is InChI=1S/C8H7F3O.ClH/c1-12-7-4-2-6(3-5-7)8(9,10)11;/h2-5H,1H3;1H. The van der Waals surface area contributed by atoms with E-state index < -0.39 is 11.7 Å². The third-order valence-electron chi connectivity index (χ3n) is 1.42. The summed E-state index contributed by atoms with van der Waals surface area (Å²) < 4.78 is 40.7. The minimum atomic E-state index is -4.27. The monoisotopic (exact) mass is 212 g/mol. The van der Waals surface area contributed by atoms with E-state index in [0.717, 1.165) is 12.1 Å². The zero-order valence-electron chi connectivity index (χ0n) is 6.76. The first-order valence-corrected chi connectivity index (χ1v) is 3.25. The SMILES string of the molecule is COc1ccc(C(F)(F)F)cc1.Cl. The van der Waals surface area contributed by atoms with Crippen molar-refractivity contribution >= 4 is 12.4 Å². The Morgan fingerprint density at radius 1 is 1.08 bits per heavy atom. The van der Waals surface area contributed by atoms with E-state index in [4.69, 9.17) is 4.74 Å². The molecular formula is C8H8ClF3O. The highest BCUT2D eigenvalue weighted by molar-refractivity contribution is 5.85. The molecule has 0 N–H and O–H groups in total. The van der Waals surface area contributed by atoms with Crippen LogP contribution < -0.4 is 4.74 Å². The molecule has 0 saturated heterocycles. The summed E-state index contributed by atoms with van der Waals surface area (Å²) in [4.78, 5) is 0. The number of hydrogen-bond donors (Lipinski definition) is 0. The van der Waals surface area contributed by atoms with Gasteiger partial charge in [-0.3, -0.25) is 0 Å². The van der Waals surface area contributed by atoms with Gasteiger partial charge in [0.2, 0.25) is 0 Å². The highest BCUT2D eigenvalue weighted by Crippen LogP contribution is 2.29. The molecule has 1 rings (SSSR count). The predicted molar refractivity (Wildman–Crippen MR) is 45.2 cm³/mol. The van der Waals surface area contributed by atoms with Gasteiger partial charge in [0.25, 0.3) is 0 Å². The highest BCUT2D eigenvalue weighted by atomic mass is 35.5. The third kappa shape index (κ3) is 3.14. The average Bonchev–Trinajstić information content (AvgIpc) is 2.03. The Kier molecular flexibility index (Phi) is 4.07. The largest absolute Gasteiger partial charge is 0.497 e. The van der Waals surface area contributed by atoms with E-state index in [1.807, 2.05) is 0 Å². The number of alkyl halides is 3. The van der Waals surface area contributed by atoms with Gasteiger partial charge in [0.05, 0.1) is 12.7 Å². The topological polar surface area (TPSA) is 9.23 Å². The van der Waals surface area contributed by atoms with Gasteiger partial charge in [-0.15, -0.1) is 12.4 Å². The summed E-state index contributed by atoms with van der Waals surface area (Å²) in [5.41, 5.74) is -0.664. The fourth-order valence-corrected chi connectivity index (χ4v) is 0.780. The Hall–Kier alpha value is -0.900. The highest BCUT2D eigenvalue weighted by Gasteiger charge is 2.29. The summed E-state index contributed by atoms with van der Waals surface area (Å²) in [5, 5.41) is 0. The minimum absolute atomic E-state index is 0. The van der Waals surface area contributed by atoms with Crippen molar-refractivity contribution < 1.29 is 17.9 Å². The molecule has 0 saturated carbocycles. The first-order valence-electron chi connectivity index (χ1n) is 3.25. The molecule has 0 aromatic heterocycles. The molecule has 0 aliphatic heterocycles. The Morgan fingerprint density at radius 2 is 1.54 bits per heavy atom. The molecule has 1 aromatic rings. The third-order valence-corrected chi connectivity index (χ3v) is 1.42. The van der Waals surface area contributed by atoms with Crippen LogP contribution in [0.3, 0.4) is 0 Å². The lowest BCUT2D eigenvalue weighted by Gasteiger charge is -2.06. The molecule has 0 atom stereocenters. The molecule has 0 aliphatic carbocycles. The van der Waals surface area contributed by atoms with E-state index in [0.29, 0.717) is 5.75 Å². The summed E-state index contributed by atoms with van der Waals surface area (Å²) in [7, 11) is 1.41. The van der Waals surface area contributed by atoms with Crippen molar-refractivity contribution in [3.8, 4) is 5.75 Å². The number of hydrogen-bond acceptors (Lipinski definition) is 1. The Balaban J connectivity index is 0.00000144. The van der Waals surface area contributed by atoms with Crippen molar-refractivity contribution in [1.29, 1.82) is 0 Å². The second kappa shape index (κ2) is 4.37. The lowest BCUT2D eigenvalue weighted by molar-refractivity contribution is -0.137. The van der Waals surface area contributed by atoms with Crippen molar-refractivity contribution in [2.24, 2.45) is 0 Å². The summed E-state index contributed by atoms with van der Waals surface area (Å²) in [6.07, 6.45) is -4.27. The molecule has 74 valence electrons. The molecule has 0 unspecified atom stereocenters. The van der Waals surface area contributed by atoms with E-state index in [1.165, 1.54) is 19.2 Å². The van der Waals surface area contributed by atoms with E-state index in [9.17, 15) is 13.2 Å². The fraction of sp³-hybridized carbons (Fsp3) is 0.250. The fourth-order valence-electron chi connectivity index (χ4n) is 0.780. The van der Waals surface area contributed by atoms with Gasteiger partial charge >= 0.3 is 6.18 Å². The quantitative estimate of drug-likeness (QED) is 0.695. The lowest BCUT2D eigenvalue weighted by atomic mass is 10.2. The van der Waals surface area contributed by atoms with Crippen molar-refractivity contribution in [3.63, 3.8) is 0 Å². The van der Waals surface area contributed by atoms with Crippen LogP contribution in [0, 0.1) is 0 Å². The van der Waals surface area contributed by atoms with Crippen LogP contribution in [0.1, 0.15) is 5.56 Å². The van der Waals surface area contributed by atoms with Crippen LogP contribution in [0.25, 0.3) is 0 Å². The van der Waals surface area contributed by atoms with Gasteiger partial charge in [-0.25, -0.2) is 0 Å². The zero-order chi connectivity index (χ0) is 9.19. The molecule has 0 radical (unpaired) electrons. The van der Waals surface area contributed by atoms with E-state index in [2.05, 4.69) is 0 Å². The first-order chi connectivity index (χ1) is 5.54. The zero-order valence-corrected chi connectivity index (χ0v) is 7.58. The lowest BCUT2D eigenvalue weighted by Crippen LogP contribution is -2.03. The Bertz CT molecular complexity index is 255. The van der Waals surface area contributed by atoms with Crippen molar-refractivity contribution in [2.75, 3.05) is 7.11 Å². The van der Waals surface area contributed by atoms with Gasteiger partial charge < -0.3 is 4.74 Å². The molecule has 0 spiro atoms. The van der Waals surface area contributed by atoms with Gasteiger partial charge in [0.15, 0.2) is 0 Å². The maximum atomic E-state index is 12.0. The van der Waals surface area contributed by atoms with Gasteiger partial charge in [-0.2, -0.15) is 13.2 Å². The van der Waals surface area contributed by atoms with E-state index >= 15 is 0 Å². The van der Waals surface area contributed by atoms with Crippen LogP contribution in [-0.2, 0) is 6.18 Å². The summed E-state index contributed by atoms with van der Waals surface area (Å²) >= 11 is 0. The van der Waals surface area contributed by atoms with Gasteiger partial charge in [-0.1, -0.05) is 0 Å². The molecule has 1 nitrogen and oxygen atoms in total. The molecule has 0 heterocycles. The number of rotatable bonds is 1. The molecule has 1 aromatic carbocycles. The van der Waals surface area contributed by atoms with E-state index in [-0.39, 0.29) is 12.4 Å². The second-order valence-corrected chi connectivity index (χ2v) is 2.23. The molecule has 0 amide bonds. The number of halogens is 4. The summed E-state index contributed by atoms with van der Waals surface area (Å²) in [6, 6.07) is 4.53. The Morgan fingerprint density at radius 3 is 1.85 bits per heavy atom. The maximum Gasteiger partial charge on any atom is 0.416 e. The van der Waals surface area contributed by atoms with E-state index in [1.54, 1.807) is 0 Å². The van der Waals surface area contributed by atoms with Crippen LogP contribution in [0.2, 0.25) is 0 Å². The predicted octanol–water partition coefficient (Wildman–Crippen LogP) is 3.14. The summed E-state index contributed by atoms with van der Waals surface area (Å²) in [6.45, 7) is 0. The van der Waals surface area contributed by atoms with Crippen molar-refractivity contribution in [3.05, 3.63) is 29.8 Å². The van der Waals surface area contributed by atoms with Gasteiger partial charge in [0, 0.05) is 0 Å². The molecule has 0 aliphatic rings. The molecule has 0 fully saturated rings. The normalized spacial score (nSPS) is 10.5. The maximum absolute atomic E-state index is 12.0. The first kappa shape index (κ1) is 12.1. The Labute approximate surface area is 79.9 Å². The number of methoxy groups -OCH3 is 1. The molecule has 5 heteroatoms. The van der Waals surface area contributed by atoms with Crippen LogP contribution in [0.5, 0.6) is 5.75 Å². The smallest absolute Gasteiger partial charge is 0.416 e.